The number of hydrogen-bond donors (Lipinski definition) is 0. The van der Waals surface area contributed by atoms with Crippen molar-refractivity contribution >= 4 is 5.69 Å². The van der Waals surface area contributed by atoms with Crippen LogP contribution in [0.1, 0.15) is 17.2 Å². The third-order valence-corrected chi connectivity index (χ3v) is 3.63. The van der Waals surface area contributed by atoms with E-state index in [1.165, 1.54) is 0 Å². The van der Waals surface area contributed by atoms with Gasteiger partial charge in [-0.2, -0.15) is 0 Å². The molecule has 0 aliphatic heterocycles. The Morgan fingerprint density at radius 3 is 1.96 bits per heavy atom. The van der Waals surface area contributed by atoms with Crippen molar-refractivity contribution < 1.29 is 4.92 Å². The molecule has 0 spiro atoms. The molecular weight excluding hydrogens is 287 g/mol. The van der Waals surface area contributed by atoms with Gasteiger partial charge in [-0.3, -0.25) is 15.0 Å². The van der Waals surface area contributed by atoms with Crippen LogP contribution < -0.4 is 0 Å². The van der Waals surface area contributed by atoms with E-state index in [-0.39, 0.29) is 16.7 Å². The van der Waals surface area contributed by atoms with Crippen molar-refractivity contribution in [3.63, 3.8) is 0 Å². The van der Waals surface area contributed by atoms with Crippen LogP contribution in [0.3, 0.4) is 0 Å². The van der Waals surface area contributed by atoms with E-state index < -0.39 is 0 Å². The number of nitrogens with zero attached hydrogens (tertiary/aromatic N) is 2. The van der Waals surface area contributed by atoms with Gasteiger partial charge in [-0.1, -0.05) is 54.6 Å². The van der Waals surface area contributed by atoms with Gasteiger partial charge in [-0.25, -0.2) is 0 Å². The zero-order valence-corrected chi connectivity index (χ0v) is 13.0. The normalized spacial score (nSPS) is 11.9. The summed E-state index contributed by atoms with van der Waals surface area (Å²) in [5.74, 6) is 0. The first-order chi connectivity index (χ1) is 11.2. The number of benzene rings is 2. The summed E-state index contributed by atoms with van der Waals surface area (Å²) in [6, 6.07) is 16.8. The molecular formula is C19H20N2O2. The molecule has 0 aromatic heterocycles. The molecule has 118 valence electrons. The third-order valence-electron chi connectivity index (χ3n) is 3.63. The van der Waals surface area contributed by atoms with Crippen molar-refractivity contribution in [3.05, 3.63) is 101 Å². The van der Waals surface area contributed by atoms with E-state index in [1.54, 1.807) is 12.1 Å². The monoisotopic (exact) mass is 307 g/mol. The summed E-state index contributed by atoms with van der Waals surface area (Å²) < 4.78 is 0. The van der Waals surface area contributed by atoms with E-state index in [0.717, 1.165) is 11.1 Å². The highest BCUT2D eigenvalue weighted by atomic mass is 16.6. The van der Waals surface area contributed by atoms with Gasteiger partial charge in [-0.15, -0.1) is 13.2 Å². The van der Waals surface area contributed by atoms with Gasteiger partial charge < -0.3 is 0 Å². The standard InChI is InChI=1S/C19H20N2O2/c1-3-14-20(15-4-2)19(16-8-6-5-7-9-16)17-10-12-18(13-11-17)21(22)23/h3-13,19H,1-2,14-15H2/i19-1. The summed E-state index contributed by atoms with van der Waals surface area (Å²) in [4.78, 5) is 12.7. The Morgan fingerprint density at radius 2 is 1.48 bits per heavy atom. The molecule has 0 amide bonds. The maximum Gasteiger partial charge on any atom is 0.269 e. The molecule has 0 bridgehead atoms. The molecule has 2 rings (SSSR count). The molecule has 4 heteroatoms. The van der Waals surface area contributed by atoms with E-state index >= 15 is 0 Å². The number of nitro benzene ring substituents is 1. The minimum absolute atomic E-state index is 0.00648. The summed E-state index contributed by atoms with van der Waals surface area (Å²) in [7, 11) is 0. The van der Waals surface area contributed by atoms with Gasteiger partial charge in [0.15, 0.2) is 0 Å². The minimum Gasteiger partial charge on any atom is -0.285 e. The maximum atomic E-state index is 10.9. The van der Waals surface area contributed by atoms with Crippen molar-refractivity contribution in [1.29, 1.82) is 0 Å². The highest BCUT2D eigenvalue weighted by Gasteiger charge is 2.21. The largest absolute Gasteiger partial charge is 0.285 e. The Balaban J connectivity index is 2.45. The molecule has 2 aromatic carbocycles. The van der Waals surface area contributed by atoms with Crippen molar-refractivity contribution in [3.8, 4) is 0 Å². The van der Waals surface area contributed by atoms with Crippen LogP contribution in [0.5, 0.6) is 0 Å². The van der Waals surface area contributed by atoms with Crippen LogP contribution in [0.15, 0.2) is 79.9 Å². The summed E-state index contributed by atoms with van der Waals surface area (Å²) in [6.07, 6.45) is 3.70. The van der Waals surface area contributed by atoms with E-state index in [4.69, 9.17) is 0 Å². The highest BCUT2D eigenvalue weighted by Crippen LogP contribution is 2.29. The zero-order chi connectivity index (χ0) is 16.7. The molecule has 2 aromatic rings. The van der Waals surface area contributed by atoms with E-state index in [1.807, 2.05) is 42.5 Å². The summed E-state index contributed by atoms with van der Waals surface area (Å²) >= 11 is 0. The third kappa shape index (κ3) is 4.14. The molecule has 1 unspecified atom stereocenters. The second kappa shape index (κ2) is 8.06. The number of hydrogen-bond acceptors (Lipinski definition) is 3. The van der Waals surface area contributed by atoms with Crippen LogP contribution in [0.4, 0.5) is 5.69 Å². The van der Waals surface area contributed by atoms with Crippen molar-refractivity contribution in [2.24, 2.45) is 0 Å². The Bertz CT molecular complexity index is 656. The molecule has 23 heavy (non-hydrogen) atoms. The van der Waals surface area contributed by atoms with Crippen LogP contribution in [0, 0.1) is 10.1 Å². The lowest BCUT2D eigenvalue weighted by atomic mass is 9.59. The van der Waals surface area contributed by atoms with Gasteiger partial charge >= 0.3 is 0 Å². The fraction of sp³-hybridized carbons (Fsp3) is 0.158. The lowest BCUT2D eigenvalue weighted by molar-refractivity contribution is -0.384. The van der Waals surface area contributed by atoms with Gasteiger partial charge in [0.25, 0.3) is 5.69 Å². The molecule has 0 saturated carbocycles. The first kappa shape index (κ1) is 16.6. The van der Waals surface area contributed by atoms with Crippen molar-refractivity contribution in [1.82, 2.24) is 4.90 Å². The first-order valence-corrected chi connectivity index (χ1v) is 7.42. The second-order valence-electron chi connectivity index (χ2n) is 5.19. The number of non-ortho nitro benzene ring substituents is 1. The van der Waals surface area contributed by atoms with Crippen LogP contribution in [-0.4, -0.2) is 22.9 Å². The number of nitro groups is 1. The molecule has 0 heterocycles. The van der Waals surface area contributed by atoms with E-state index in [0.29, 0.717) is 13.1 Å². The molecule has 0 radical (unpaired) electrons. The van der Waals surface area contributed by atoms with Gasteiger partial charge in [0.05, 0.1) is 11.0 Å². The lowest BCUT2D eigenvalue weighted by Crippen LogP contribution is -2.30. The predicted molar refractivity (Wildman–Crippen MR) is 93.3 cm³/mol. The average Bonchev–Trinajstić information content (AvgIpc) is 2.57. The predicted octanol–water partition coefficient (Wildman–Crippen LogP) is 4.36. The van der Waals surface area contributed by atoms with Crippen molar-refractivity contribution in [2.45, 2.75) is 6.04 Å². The van der Waals surface area contributed by atoms with Crippen LogP contribution >= 0.6 is 0 Å². The van der Waals surface area contributed by atoms with Crippen LogP contribution in [0.25, 0.3) is 0 Å². The SMILES string of the molecule is C=CCN(CC=C)[11CH](c1ccccc1)c1ccc([N+](=O)[O-])cc1. The Hall–Kier alpha value is -2.72. The highest BCUT2D eigenvalue weighted by molar-refractivity contribution is 5.38. The minimum atomic E-state index is -0.382. The van der Waals surface area contributed by atoms with Gasteiger partial charge in [0.2, 0.25) is 0 Å². The molecule has 4 nitrogen and oxygen atoms in total. The summed E-state index contributed by atoms with van der Waals surface area (Å²) in [5.41, 5.74) is 2.23. The van der Waals surface area contributed by atoms with Crippen LogP contribution in [-0.2, 0) is 0 Å². The molecule has 0 saturated heterocycles. The molecule has 0 aliphatic carbocycles. The molecule has 0 fully saturated rings. The number of rotatable bonds is 8. The van der Waals surface area contributed by atoms with Gasteiger partial charge in [0.1, 0.15) is 0 Å². The first-order valence-electron chi connectivity index (χ1n) is 7.42. The quantitative estimate of drug-likeness (QED) is 0.413. The topological polar surface area (TPSA) is 46.4 Å². The fourth-order valence-electron chi connectivity index (χ4n) is 2.64. The van der Waals surface area contributed by atoms with Crippen LogP contribution in [0.2, 0.25) is 0 Å². The van der Waals surface area contributed by atoms with Crippen molar-refractivity contribution in [2.75, 3.05) is 13.1 Å². The van der Waals surface area contributed by atoms with E-state index in [9.17, 15) is 10.1 Å². The second-order valence-corrected chi connectivity index (χ2v) is 5.19. The Labute approximate surface area is 136 Å². The zero-order valence-electron chi connectivity index (χ0n) is 13.0. The molecule has 0 N–H and O–H groups in total. The molecule has 1 atom stereocenters. The van der Waals surface area contributed by atoms with Gasteiger partial charge in [-0.05, 0) is 11.1 Å². The summed E-state index contributed by atoms with van der Waals surface area (Å²) in [6.45, 7) is 9.04. The smallest absolute Gasteiger partial charge is 0.269 e. The van der Waals surface area contributed by atoms with E-state index in [2.05, 4.69) is 30.2 Å². The Morgan fingerprint density at radius 1 is 0.957 bits per heavy atom. The Kier molecular flexibility index (Phi) is 5.83. The fourth-order valence-corrected chi connectivity index (χ4v) is 2.64. The lowest BCUT2D eigenvalue weighted by Gasteiger charge is -2.30. The molecule has 0 aliphatic rings. The summed E-state index contributed by atoms with van der Waals surface area (Å²) in [5, 5.41) is 10.9. The average molecular weight is 307 g/mol. The van der Waals surface area contributed by atoms with Gasteiger partial charge in [0, 0.05) is 25.2 Å². The maximum absolute atomic E-state index is 10.9.